The maximum Gasteiger partial charge on any atom is 0.318 e. The number of hydrogen-bond donors (Lipinski definition) is 3. The first kappa shape index (κ1) is 18.4. The topological polar surface area (TPSA) is 121 Å². The Balaban J connectivity index is 4.80. The van der Waals surface area contributed by atoms with E-state index in [-0.39, 0.29) is 12.8 Å². The summed E-state index contributed by atoms with van der Waals surface area (Å²) in [6.45, 7) is 4.44. The number of esters is 1. The SMILES string of the molecule is CCC(O)CC(CC(C)C(C(=O)O)C(=O)O)OC(C)=O. The molecule has 0 aromatic heterocycles. The van der Waals surface area contributed by atoms with E-state index in [0.29, 0.717) is 6.42 Å². The number of aliphatic carboxylic acids is 2. The summed E-state index contributed by atoms with van der Waals surface area (Å²) in [5.74, 6) is -5.69. The van der Waals surface area contributed by atoms with Crippen LogP contribution in [0.2, 0.25) is 0 Å². The molecule has 0 spiro atoms. The molecule has 7 heteroatoms. The Labute approximate surface area is 117 Å². The van der Waals surface area contributed by atoms with Crippen molar-refractivity contribution in [3.8, 4) is 0 Å². The molecular formula is C13H22O7. The van der Waals surface area contributed by atoms with Gasteiger partial charge >= 0.3 is 17.9 Å². The first-order chi connectivity index (χ1) is 9.18. The van der Waals surface area contributed by atoms with E-state index < -0.39 is 42.0 Å². The summed E-state index contributed by atoms with van der Waals surface area (Å²) in [5.41, 5.74) is 0. The van der Waals surface area contributed by atoms with E-state index in [1.165, 1.54) is 13.8 Å². The van der Waals surface area contributed by atoms with Crippen molar-refractivity contribution in [3.05, 3.63) is 0 Å². The van der Waals surface area contributed by atoms with Crippen LogP contribution < -0.4 is 0 Å². The van der Waals surface area contributed by atoms with Crippen LogP contribution in [0.25, 0.3) is 0 Å². The quantitative estimate of drug-likeness (QED) is 0.426. The minimum atomic E-state index is -1.56. The van der Waals surface area contributed by atoms with Crippen LogP contribution in [0.3, 0.4) is 0 Å². The molecule has 0 amide bonds. The number of hydrogen-bond acceptors (Lipinski definition) is 5. The van der Waals surface area contributed by atoms with Crippen molar-refractivity contribution in [2.45, 2.75) is 52.2 Å². The summed E-state index contributed by atoms with van der Waals surface area (Å²) in [4.78, 5) is 32.9. The Morgan fingerprint density at radius 2 is 1.60 bits per heavy atom. The van der Waals surface area contributed by atoms with E-state index in [9.17, 15) is 19.5 Å². The number of carboxylic acid groups (broad SMARTS) is 2. The van der Waals surface area contributed by atoms with Crippen LogP contribution in [-0.4, -0.2) is 45.4 Å². The average Bonchev–Trinajstić information content (AvgIpc) is 2.26. The molecule has 3 N–H and O–H groups in total. The zero-order chi connectivity index (χ0) is 15.9. The van der Waals surface area contributed by atoms with Gasteiger partial charge in [0.1, 0.15) is 6.10 Å². The van der Waals surface area contributed by atoms with E-state index in [1.54, 1.807) is 6.92 Å². The fourth-order valence-corrected chi connectivity index (χ4v) is 2.04. The van der Waals surface area contributed by atoms with Crippen LogP contribution in [0.1, 0.15) is 40.0 Å². The number of carbonyl (C=O) groups is 3. The molecule has 0 saturated carbocycles. The summed E-state index contributed by atoms with van der Waals surface area (Å²) in [5, 5.41) is 27.4. The van der Waals surface area contributed by atoms with E-state index in [0.717, 1.165) is 0 Å². The first-order valence-corrected chi connectivity index (χ1v) is 6.49. The lowest BCUT2D eigenvalue weighted by Gasteiger charge is -2.24. The van der Waals surface area contributed by atoms with Crippen LogP contribution in [0.4, 0.5) is 0 Å². The predicted molar refractivity (Wildman–Crippen MR) is 69.0 cm³/mol. The molecule has 0 aliphatic heterocycles. The molecular weight excluding hydrogens is 268 g/mol. The summed E-state index contributed by atoms with van der Waals surface area (Å²) in [6, 6.07) is 0. The number of ether oxygens (including phenoxy) is 1. The van der Waals surface area contributed by atoms with Crippen molar-refractivity contribution in [2.24, 2.45) is 11.8 Å². The second-order valence-electron chi connectivity index (χ2n) is 4.90. The summed E-state index contributed by atoms with van der Waals surface area (Å²) >= 11 is 0. The highest BCUT2D eigenvalue weighted by Crippen LogP contribution is 2.22. The molecule has 7 nitrogen and oxygen atoms in total. The van der Waals surface area contributed by atoms with Crippen LogP contribution >= 0.6 is 0 Å². The van der Waals surface area contributed by atoms with Gasteiger partial charge in [-0.25, -0.2) is 0 Å². The number of carboxylic acids is 2. The molecule has 3 atom stereocenters. The molecule has 0 radical (unpaired) electrons. The van der Waals surface area contributed by atoms with Crippen molar-refractivity contribution >= 4 is 17.9 Å². The Morgan fingerprint density at radius 3 is 1.95 bits per heavy atom. The van der Waals surface area contributed by atoms with Crippen molar-refractivity contribution in [1.29, 1.82) is 0 Å². The third-order valence-corrected chi connectivity index (χ3v) is 3.07. The van der Waals surface area contributed by atoms with E-state index >= 15 is 0 Å². The third-order valence-electron chi connectivity index (χ3n) is 3.07. The fourth-order valence-electron chi connectivity index (χ4n) is 2.04. The van der Waals surface area contributed by atoms with Gasteiger partial charge in [-0.1, -0.05) is 13.8 Å². The largest absolute Gasteiger partial charge is 0.481 e. The van der Waals surface area contributed by atoms with Gasteiger partial charge in [-0.15, -0.1) is 0 Å². The zero-order valence-electron chi connectivity index (χ0n) is 11.9. The summed E-state index contributed by atoms with van der Waals surface area (Å²) < 4.78 is 5.02. The van der Waals surface area contributed by atoms with E-state index in [1.807, 2.05) is 0 Å². The lowest BCUT2D eigenvalue weighted by Crippen LogP contribution is -2.33. The van der Waals surface area contributed by atoms with Gasteiger partial charge in [-0.05, 0) is 18.8 Å². The lowest BCUT2D eigenvalue weighted by molar-refractivity contribution is -0.158. The van der Waals surface area contributed by atoms with Gasteiger partial charge in [0, 0.05) is 13.3 Å². The van der Waals surface area contributed by atoms with Gasteiger partial charge in [-0.3, -0.25) is 14.4 Å². The van der Waals surface area contributed by atoms with Crippen molar-refractivity contribution in [3.63, 3.8) is 0 Å². The fraction of sp³-hybridized carbons (Fsp3) is 0.769. The molecule has 20 heavy (non-hydrogen) atoms. The molecule has 0 fully saturated rings. The molecule has 0 aromatic carbocycles. The Bertz CT molecular complexity index is 339. The molecule has 0 heterocycles. The van der Waals surface area contributed by atoms with Gasteiger partial charge in [0.05, 0.1) is 6.10 Å². The zero-order valence-corrected chi connectivity index (χ0v) is 11.9. The molecule has 0 aliphatic rings. The number of rotatable bonds is 9. The number of aliphatic hydroxyl groups is 1. The van der Waals surface area contributed by atoms with Gasteiger partial charge < -0.3 is 20.1 Å². The minimum Gasteiger partial charge on any atom is -0.481 e. The van der Waals surface area contributed by atoms with Crippen molar-refractivity contribution in [2.75, 3.05) is 0 Å². The second kappa shape index (κ2) is 8.52. The highest BCUT2D eigenvalue weighted by molar-refractivity contribution is 5.93. The lowest BCUT2D eigenvalue weighted by atomic mass is 9.87. The standard InChI is InChI=1S/C13H22O7/c1-4-9(15)6-10(20-8(3)14)5-7(2)11(12(16)17)13(18)19/h7,9-11,15H,4-6H2,1-3H3,(H,16,17)(H,18,19). The maximum atomic E-state index is 11.0. The van der Waals surface area contributed by atoms with Crippen molar-refractivity contribution < 1.29 is 34.4 Å². The van der Waals surface area contributed by atoms with E-state index in [4.69, 9.17) is 14.9 Å². The number of carbonyl (C=O) groups excluding carboxylic acids is 1. The average molecular weight is 290 g/mol. The first-order valence-electron chi connectivity index (χ1n) is 6.49. The second-order valence-corrected chi connectivity index (χ2v) is 4.90. The molecule has 0 bridgehead atoms. The molecule has 0 rings (SSSR count). The van der Waals surface area contributed by atoms with Crippen LogP contribution in [0, 0.1) is 11.8 Å². The smallest absolute Gasteiger partial charge is 0.318 e. The van der Waals surface area contributed by atoms with Crippen LogP contribution in [-0.2, 0) is 19.1 Å². The molecule has 0 aromatic rings. The van der Waals surface area contributed by atoms with Gasteiger partial charge in [0.2, 0.25) is 0 Å². The monoisotopic (exact) mass is 290 g/mol. The highest BCUT2D eigenvalue weighted by atomic mass is 16.5. The van der Waals surface area contributed by atoms with Crippen LogP contribution in [0.5, 0.6) is 0 Å². The number of aliphatic hydroxyl groups excluding tert-OH is 1. The summed E-state index contributed by atoms with van der Waals surface area (Å²) in [7, 11) is 0. The van der Waals surface area contributed by atoms with Crippen molar-refractivity contribution in [1.82, 2.24) is 0 Å². The Morgan fingerprint density at radius 1 is 1.10 bits per heavy atom. The minimum absolute atomic E-state index is 0.0694. The van der Waals surface area contributed by atoms with Gasteiger partial charge in [0.25, 0.3) is 0 Å². The molecule has 0 aliphatic carbocycles. The Hall–Kier alpha value is -1.63. The van der Waals surface area contributed by atoms with E-state index in [2.05, 4.69) is 0 Å². The maximum absolute atomic E-state index is 11.0. The molecule has 3 unspecified atom stereocenters. The normalized spacial score (nSPS) is 15.4. The summed E-state index contributed by atoms with van der Waals surface area (Å²) in [6.07, 6.45) is -0.682. The predicted octanol–water partition coefficient (Wildman–Crippen LogP) is 0.891. The van der Waals surface area contributed by atoms with Crippen LogP contribution in [0.15, 0.2) is 0 Å². The van der Waals surface area contributed by atoms with Gasteiger partial charge in [-0.2, -0.15) is 0 Å². The third kappa shape index (κ3) is 6.51. The Kier molecular flexibility index (Phi) is 7.83. The highest BCUT2D eigenvalue weighted by Gasteiger charge is 2.34. The molecule has 116 valence electrons. The van der Waals surface area contributed by atoms with Gasteiger partial charge in [0.15, 0.2) is 5.92 Å². The molecule has 0 saturated heterocycles.